The second kappa shape index (κ2) is 4.14. The van der Waals surface area contributed by atoms with Crippen LogP contribution in [0.15, 0.2) is 42.5 Å². The first-order chi connectivity index (χ1) is 7.70. The molecule has 2 aromatic carbocycles. The Kier molecular flexibility index (Phi) is 2.68. The molecule has 0 aliphatic carbocycles. The molecule has 0 saturated heterocycles. The predicted octanol–water partition coefficient (Wildman–Crippen LogP) is 3.37. The Balaban J connectivity index is 2.65. The number of benzene rings is 2. The molecule has 0 saturated carbocycles. The van der Waals surface area contributed by atoms with Gasteiger partial charge in [-0.05, 0) is 30.2 Å². The van der Waals surface area contributed by atoms with E-state index in [2.05, 4.69) is 6.07 Å². The maximum atomic E-state index is 10.9. The fourth-order valence-electron chi connectivity index (χ4n) is 1.67. The van der Waals surface area contributed by atoms with E-state index in [0.29, 0.717) is 5.56 Å². The van der Waals surface area contributed by atoms with Gasteiger partial charge in [-0.15, -0.1) is 0 Å². The van der Waals surface area contributed by atoms with Crippen LogP contribution in [-0.2, 0) is 0 Å². The summed E-state index contributed by atoms with van der Waals surface area (Å²) in [5.41, 5.74) is 2.54. The third kappa shape index (κ3) is 1.80. The molecule has 0 spiro atoms. The predicted molar refractivity (Wildman–Crippen MR) is 62.1 cm³/mol. The van der Waals surface area contributed by atoms with Crippen molar-refractivity contribution in [3.63, 3.8) is 0 Å². The quantitative estimate of drug-likeness (QED) is 0.565. The minimum atomic E-state index is -0.401. The van der Waals surface area contributed by atoms with Crippen molar-refractivity contribution in [1.29, 1.82) is 0 Å². The van der Waals surface area contributed by atoms with Gasteiger partial charge in [0.15, 0.2) is 0 Å². The molecule has 0 fully saturated rings. The zero-order chi connectivity index (χ0) is 11.5. The molecule has 1 radical (unpaired) electrons. The van der Waals surface area contributed by atoms with E-state index in [4.69, 9.17) is 0 Å². The lowest BCUT2D eigenvalue weighted by molar-refractivity contribution is -0.384. The molecule has 0 atom stereocenters. The SMILES string of the molecule is Cc1ccccc1-c1ccc[c]c1[N+](=O)[O-]. The Labute approximate surface area is 93.5 Å². The lowest BCUT2D eigenvalue weighted by Crippen LogP contribution is -1.92. The summed E-state index contributed by atoms with van der Waals surface area (Å²) in [5, 5.41) is 10.9. The Bertz CT molecular complexity index is 535. The highest BCUT2D eigenvalue weighted by molar-refractivity contribution is 5.75. The molecule has 0 aliphatic heterocycles. The highest BCUT2D eigenvalue weighted by atomic mass is 16.6. The third-order valence-electron chi connectivity index (χ3n) is 2.45. The summed E-state index contributed by atoms with van der Waals surface area (Å²) < 4.78 is 0. The first-order valence-corrected chi connectivity index (χ1v) is 4.91. The number of rotatable bonds is 2. The van der Waals surface area contributed by atoms with Crippen LogP contribution in [0, 0.1) is 23.1 Å². The molecule has 0 N–H and O–H groups in total. The normalized spacial score (nSPS) is 10.1. The van der Waals surface area contributed by atoms with Crippen LogP contribution in [0.3, 0.4) is 0 Å². The van der Waals surface area contributed by atoms with Crippen molar-refractivity contribution in [2.45, 2.75) is 6.92 Å². The zero-order valence-electron chi connectivity index (χ0n) is 8.81. The Hall–Kier alpha value is -2.16. The Morgan fingerprint density at radius 3 is 2.50 bits per heavy atom. The average Bonchev–Trinajstić information content (AvgIpc) is 2.29. The van der Waals surface area contributed by atoms with E-state index >= 15 is 0 Å². The average molecular weight is 212 g/mol. The van der Waals surface area contributed by atoms with Crippen molar-refractivity contribution < 1.29 is 4.92 Å². The third-order valence-corrected chi connectivity index (χ3v) is 2.45. The summed E-state index contributed by atoms with van der Waals surface area (Å²) >= 11 is 0. The smallest absolute Gasteiger partial charge is 0.258 e. The van der Waals surface area contributed by atoms with E-state index in [1.165, 1.54) is 0 Å². The molecular formula is C13H10NO2. The molecule has 2 aromatic rings. The Morgan fingerprint density at radius 1 is 1.12 bits per heavy atom. The van der Waals surface area contributed by atoms with Crippen molar-refractivity contribution in [3.8, 4) is 11.1 Å². The van der Waals surface area contributed by atoms with Gasteiger partial charge in [-0.25, -0.2) is 0 Å². The van der Waals surface area contributed by atoms with Gasteiger partial charge < -0.3 is 0 Å². The summed E-state index contributed by atoms with van der Waals surface area (Å²) in [4.78, 5) is 10.5. The van der Waals surface area contributed by atoms with E-state index in [0.717, 1.165) is 11.1 Å². The maximum Gasteiger partial charge on any atom is 0.285 e. The van der Waals surface area contributed by atoms with Crippen molar-refractivity contribution >= 4 is 5.69 Å². The summed E-state index contributed by atoms with van der Waals surface area (Å²) in [7, 11) is 0. The molecule has 0 unspecified atom stereocenters. The largest absolute Gasteiger partial charge is 0.285 e. The molecule has 79 valence electrons. The fourth-order valence-corrected chi connectivity index (χ4v) is 1.67. The highest BCUT2D eigenvalue weighted by Gasteiger charge is 2.15. The topological polar surface area (TPSA) is 43.1 Å². The second-order valence-electron chi connectivity index (χ2n) is 3.50. The van der Waals surface area contributed by atoms with Crippen LogP contribution >= 0.6 is 0 Å². The van der Waals surface area contributed by atoms with Crippen molar-refractivity contribution in [2.75, 3.05) is 0 Å². The molecule has 3 nitrogen and oxygen atoms in total. The number of nitro groups is 1. The number of hydrogen-bond acceptors (Lipinski definition) is 2. The van der Waals surface area contributed by atoms with Crippen LogP contribution in [0.2, 0.25) is 0 Å². The van der Waals surface area contributed by atoms with Crippen LogP contribution in [0.25, 0.3) is 11.1 Å². The number of nitro benzene ring substituents is 1. The first-order valence-electron chi connectivity index (χ1n) is 4.91. The summed E-state index contributed by atoms with van der Waals surface area (Å²) in [6.45, 7) is 1.94. The van der Waals surface area contributed by atoms with Gasteiger partial charge in [0.1, 0.15) is 0 Å². The molecule has 0 heterocycles. The van der Waals surface area contributed by atoms with Crippen LogP contribution in [0.1, 0.15) is 5.56 Å². The number of aryl methyl sites for hydroxylation is 1. The van der Waals surface area contributed by atoms with Gasteiger partial charge in [0.05, 0.1) is 16.6 Å². The molecule has 16 heavy (non-hydrogen) atoms. The van der Waals surface area contributed by atoms with E-state index < -0.39 is 4.92 Å². The lowest BCUT2D eigenvalue weighted by Gasteiger charge is -2.05. The summed E-state index contributed by atoms with van der Waals surface area (Å²) in [5.74, 6) is 0. The van der Waals surface area contributed by atoms with E-state index in [9.17, 15) is 10.1 Å². The van der Waals surface area contributed by atoms with Crippen LogP contribution < -0.4 is 0 Å². The van der Waals surface area contributed by atoms with Gasteiger partial charge in [-0.2, -0.15) is 0 Å². The summed E-state index contributed by atoms with van der Waals surface area (Å²) in [6.07, 6.45) is 0. The summed E-state index contributed by atoms with van der Waals surface area (Å²) in [6, 6.07) is 15.3. The number of nitrogens with zero attached hydrogens (tertiary/aromatic N) is 1. The first kappa shape index (κ1) is 10.4. The number of para-hydroxylation sites is 1. The van der Waals surface area contributed by atoms with Crippen molar-refractivity contribution in [2.24, 2.45) is 0 Å². The minimum Gasteiger partial charge on any atom is -0.258 e. The highest BCUT2D eigenvalue weighted by Crippen LogP contribution is 2.30. The van der Waals surface area contributed by atoms with Gasteiger partial charge in [-0.3, -0.25) is 10.1 Å². The van der Waals surface area contributed by atoms with E-state index in [1.807, 2.05) is 31.2 Å². The van der Waals surface area contributed by atoms with E-state index in [1.54, 1.807) is 18.2 Å². The molecular weight excluding hydrogens is 202 g/mol. The van der Waals surface area contributed by atoms with E-state index in [-0.39, 0.29) is 5.69 Å². The van der Waals surface area contributed by atoms with Gasteiger partial charge in [0, 0.05) is 0 Å². The fraction of sp³-hybridized carbons (Fsp3) is 0.0769. The zero-order valence-corrected chi connectivity index (χ0v) is 8.81. The second-order valence-corrected chi connectivity index (χ2v) is 3.50. The van der Waals surface area contributed by atoms with Crippen LogP contribution in [0.5, 0.6) is 0 Å². The standard InChI is InChI=1S/C13H10NO2/c1-10-6-2-3-7-11(10)12-8-4-5-9-13(12)14(15)16/h2-8H,1H3. The molecule has 0 aliphatic rings. The maximum absolute atomic E-state index is 10.9. The van der Waals surface area contributed by atoms with Gasteiger partial charge >= 0.3 is 0 Å². The molecule has 0 aromatic heterocycles. The van der Waals surface area contributed by atoms with Crippen molar-refractivity contribution in [1.82, 2.24) is 0 Å². The van der Waals surface area contributed by atoms with Crippen molar-refractivity contribution in [3.05, 3.63) is 64.2 Å². The molecule has 0 amide bonds. The van der Waals surface area contributed by atoms with Gasteiger partial charge in [-0.1, -0.05) is 30.3 Å². The molecule has 2 rings (SSSR count). The number of hydrogen-bond donors (Lipinski definition) is 0. The monoisotopic (exact) mass is 212 g/mol. The molecule has 3 heteroatoms. The Morgan fingerprint density at radius 2 is 1.81 bits per heavy atom. The lowest BCUT2D eigenvalue weighted by atomic mass is 9.99. The van der Waals surface area contributed by atoms with Gasteiger partial charge in [0.2, 0.25) is 0 Å². The van der Waals surface area contributed by atoms with Crippen LogP contribution in [-0.4, -0.2) is 4.92 Å². The minimum absolute atomic E-state index is 0.0248. The van der Waals surface area contributed by atoms with Gasteiger partial charge in [0.25, 0.3) is 5.69 Å². The van der Waals surface area contributed by atoms with Crippen LogP contribution in [0.4, 0.5) is 5.69 Å². The molecule has 0 bridgehead atoms.